The number of hydrogen-bond acceptors (Lipinski definition) is 6. The lowest BCUT2D eigenvalue weighted by molar-refractivity contribution is 0.0687. The minimum Gasteiger partial charge on any atom is -0.476 e. The molecule has 0 radical (unpaired) electrons. The molecule has 2 atom stereocenters. The highest BCUT2D eigenvalue weighted by atomic mass is 32.2. The van der Waals surface area contributed by atoms with E-state index < -0.39 is 44.5 Å². The molecule has 1 fully saturated rings. The smallest absolute Gasteiger partial charge is 0.357 e. The molecule has 2 heterocycles. The molecule has 1 aliphatic heterocycles. The van der Waals surface area contributed by atoms with Crippen molar-refractivity contribution in [1.82, 2.24) is 9.10 Å². The van der Waals surface area contributed by atoms with Gasteiger partial charge in [-0.25, -0.2) is 22.3 Å². The zero-order valence-electron chi connectivity index (χ0n) is 12.9. The lowest BCUT2D eigenvalue weighted by atomic mass is 10.0. The molecule has 0 saturated carbocycles. The van der Waals surface area contributed by atoms with Crippen molar-refractivity contribution in [3.05, 3.63) is 46.7 Å². The molecule has 1 aromatic carbocycles. The van der Waals surface area contributed by atoms with Crippen LogP contribution in [0.25, 0.3) is 0 Å². The normalized spacial score (nSPS) is 19.0. The van der Waals surface area contributed by atoms with E-state index in [1.54, 1.807) is 0 Å². The molecule has 10 heteroatoms. The first-order valence-electron chi connectivity index (χ1n) is 7.45. The Hall–Kier alpha value is -1.88. The Bertz CT molecular complexity index is 860. The maximum atomic E-state index is 13.2. The second-order valence-electron chi connectivity index (χ2n) is 5.53. The van der Waals surface area contributed by atoms with Crippen molar-refractivity contribution in [2.75, 3.05) is 6.61 Å². The average molecular weight is 386 g/mol. The fraction of sp³-hybridized carbons (Fsp3) is 0.333. The van der Waals surface area contributed by atoms with Crippen molar-refractivity contribution < 1.29 is 27.4 Å². The molecule has 0 aliphatic carbocycles. The number of ether oxygens (including phenoxy) is 1. The molecular formula is C15H15FN2O5S2. The molecule has 134 valence electrons. The Morgan fingerprint density at radius 3 is 2.72 bits per heavy atom. The molecule has 3 rings (SSSR count). The van der Waals surface area contributed by atoms with Gasteiger partial charge in [-0.05, 0) is 42.1 Å². The quantitative estimate of drug-likeness (QED) is 0.788. The minimum atomic E-state index is -4.14. The Morgan fingerprint density at radius 2 is 2.12 bits per heavy atom. The Kier molecular flexibility index (Phi) is 5.13. The third kappa shape index (κ3) is 3.87. The summed E-state index contributed by atoms with van der Waals surface area (Å²) in [5.74, 6) is -1.86. The van der Waals surface area contributed by atoms with Crippen molar-refractivity contribution in [2.24, 2.45) is 0 Å². The van der Waals surface area contributed by atoms with Gasteiger partial charge in [0.15, 0.2) is 5.69 Å². The number of nitrogens with zero attached hydrogens (tertiary/aromatic N) is 1. The first-order valence-corrected chi connectivity index (χ1v) is 9.77. The molecule has 7 nitrogen and oxygen atoms in total. The highest BCUT2D eigenvalue weighted by Gasteiger charge is 2.34. The van der Waals surface area contributed by atoms with E-state index in [0.717, 1.165) is 18.0 Å². The van der Waals surface area contributed by atoms with E-state index in [4.69, 9.17) is 9.84 Å². The monoisotopic (exact) mass is 386 g/mol. The van der Waals surface area contributed by atoms with Crippen LogP contribution in [-0.2, 0) is 14.8 Å². The average Bonchev–Trinajstić information content (AvgIpc) is 3.25. The number of aromatic carboxylic acids is 1. The summed E-state index contributed by atoms with van der Waals surface area (Å²) >= 11 is 0.748. The fourth-order valence-corrected chi connectivity index (χ4v) is 5.06. The number of aromatic nitrogens is 1. The van der Waals surface area contributed by atoms with Crippen LogP contribution in [0.4, 0.5) is 4.39 Å². The summed E-state index contributed by atoms with van der Waals surface area (Å²) in [7, 11) is -4.14. The van der Waals surface area contributed by atoms with Crippen LogP contribution in [0, 0.1) is 5.82 Å². The maximum absolute atomic E-state index is 13.2. The molecule has 1 aliphatic rings. The van der Waals surface area contributed by atoms with Crippen molar-refractivity contribution in [2.45, 2.75) is 29.9 Å². The van der Waals surface area contributed by atoms with Gasteiger partial charge in [0.2, 0.25) is 10.0 Å². The lowest BCUT2D eigenvalue weighted by Crippen LogP contribution is -2.36. The molecular weight excluding hydrogens is 371 g/mol. The summed E-state index contributed by atoms with van der Waals surface area (Å²) in [6, 6.07) is 4.68. The maximum Gasteiger partial charge on any atom is 0.357 e. The molecule has 1 aromatic heterocycles. The van der Waals surface area contributed by atoms with Gasteiger partial charge in [0, 0.05) is 12.0 Å². The van der Waals surface area contributed by atoms with Gasteiger partial charge in [-0.15, -0.1) is 0 Å². The predicted molar refractivity (Wildman–Crippen MR) is 87.5 cm³/mol. The van der Waals surface area contributed by atoms with Gasteiger partial charge in [-0.2, -0.15) is 4.37 Å². The lowest BCUT2D eigenvalue weighted by Gasteiger charge is -2.24. The SMILES string of the molecule is O=C(O)c1nscc1S(=O)(=O)NC(c1ccc(F)cc1)C1CCCO1. The van der Waals surface area contributed by atoms with Crippen LogP contribution in [0.1, 0.15) is 34.9 Å². The number of rotatable bonds is 6. The van der Waals surface area contributed by atoms with Gasteiger partial charge in [0.25, 0.3) is 0 Å². The Morgan fingerprint density at radius 1 is 1.40 bits per heavy atom. The number of carboxylic acid groups (broad SMARTS) is 1. The first kappa shape index (κ1) is 17.9. The van der Waals surface area contributed by atoms with Crippen molar-refractivity contribution in [3.8, 4) is 0 Å². The van der Waals surface area contributed by atoms with Crippen LogP contribution in [0.2, 0.25) is 0 Å². The van der Waals surface area contributed by atoms with Crippen LogP contribution in [0.3, 0.4) is 0 Å². The van der Waals surface area contributed by atoms with Gasteiger partial charge in [-0.1, -0.05) is 12.1 Å². The zero-order valence-corrected chi connectivity index (χ0v) is 14.5. The van der Waals surface area contributed by atoms with Gasteiger partial charge in [-0.3, -0.25) is 0 Å². The molecule has 0 spiro atoms. The standard InChI is InChI=1S/C15H15FN2O5S2/c16-10-5-3-9(4-6-10)13(11-2-1-7-23-11)18-25(21,22)12-8-24-17-14(12)15(19)20/h3-6,8,11,13,18H,1-2,7H2,(H,19,20). The predicted octanol–water partition coefficient (Wildman–Crippen LogP) is 2.18. The molecule has 2 N–H and O–H groups in total. The van der Waals surface area contributed by atoms with Crippen LogP contribution < -0.4 is 4.72 Å². The van der Waals surface area contributed by atoms with Crippen LogP contribution in [-0.4, -0.2) is 36.6 Å². The second-order valence-corrected chi connectivity index (χ2v) is 7.85. The van der Waals surface area contributed by atoms with E-state index in [-0.39, 0.29) is 0 Å². The number of nitrogens with one attached hydrogen (secondary N) is 1. The summed E-state index contributed by atoms with van der Waals surface area (Å²) in [4.78, 5) is 10.8. The van der Waals surface area contributed by atoms with Crippen LogP contribution in [0.5, 0.6) is 0 Å². The van der Waals surface area contributed by atoms with Crippen LogP contribution >= 0.6 is 11.5 Å². The number of carbonyl (C=O) groups is 1. The Labute approximate surface area is 147 Å². The summed E-state index contributed by atoms with van der Waals surface area (Å²) in [5.41, 5.74) is 0.0136. The van der Waals surface area contributed by atoms with Crippen molar-refractivity contribution in [1.29, 1.82) is 0 Å². The number of carboxylic acids is 1. The fourth-order valence-electron chi connectivity index (χ4n) is 2.69. The number of halogens is 1. The largest absolute Gasteiger partial charge is 0.476 e. The zero-order chi connectivity index (χ0) is 18.0. The van der Waals surface area contributed by atoms with E-state index in [0.29, 0.717) is 18.6 Å². The van der Waals surface area contributed by atoms with E-state index in [1.165, 1.54) is 29.6 Å². The second kappa shape index (κ2) is 7.16. The van der Waals surface area contributed by atoms with Crippen molar-refractivity contribution in [3.63, 3.8) is 0 Å². The summed E-state index contributed by atoms with van der Waals surface area (Å²) < 4.78 is 50.3. The topological polar surface area (TPSA) is 106 Å². The highest BCUT2D eigenvalue weighted by Crippen LogP contribution is 2.29. The van der Waals surface area contributed by atoms with Gasteiger partial charge < -0.3 is 9.84 Å². The molecule has 2 unspecified atom stereocenters. The van der Waals surface area contributed by atoms with Gasteiger partial charge >= 0.3 is 5.97 Å². The number of benzene rings is 1. The molecule has 25 heavy (non-hydrogen) atoms. The molecule has 2 aromatic rings. The minimum absolute atomic E-state index is 0.393. The van der Waals surface area contributed by atoms with Gasteiger partial charge in [0.1, 0.15) is 10.7 Å². The summed E-state index contributed by atoms with van der Waals surface area (Å²) in [5, 5.41) is 10.3. The highest BCUT2D eigenvalue weighted by molar-refractivity contribution is 7.89. The third-order valence-electron chi connectivity index (χ3n) is 3.88. The molecule has 0 amide bonds. The molecule has 0 bridgehead atoms. The summed E-state index contributed by atoms with van der Waals surface area (Å²) in [6.07, 6.45) is 1.00. The number of sulfonamides is 1. The third-order valence-corrected chi connectivity index (χ3v) is 6.11. The van der Waals surface area contributed by atoms with E-state index in [1.807, 2.05) is 0 Å². The van der Waals surface area contributed by atoms with Crippen LogP contribution in [0.15, 0.2) is 34.5 Å². The van der Waals surface area contributed by atoms with Gasteiger partial charge in [0.05, 0.1) is 12.1 Å². The van der Waals surface area contributed by atoms with Crippen molar-refractivity contribution >= 4 is 27.5 Å². The number of hydrogen-bond donors (Lipinski definition) is 2. The Balaban J connectivity index is 1.95. The van der Waals surface area contributed by atoms with E-state index in [9.17, 15) is 17.6 Å². The van der Waals surface area contributed by atoms with E-state index in [2.05, 4.69) is 9.10 Å². The molecule has 1 saturated heterocycles. The van der Waals surface area contributed by atoms with E-state index >= 15 is 0 Å². The summed E-state index contributed by atoms with van der Waals surface area (Å²) in [6.45, 7) is 0.504. The first-order chi connectivity index (χ1) is 11.9.